The summed E-state index contributed by atoms with van der Waals surface area (Å²) in [7, 11) is 0. The lowest BCUT2D eigenvalue weighted by molar-refractivity contribution is 0.342. The zero-order valence-corrected chi connectivity index (χ0v) is 10.1. The van der Waals surface area contributed by atoms with Crippen LogP contribution in [0, 0.1) is 12.8 Å². The number of hydrogen-bond acceptors (Lipinski definition) is 1. The molecule has 1 unspecified atom stereocenters. The van der Waals surface area contributed by atoms with E-state index < -0.39 is 0 Å². The van der Waals surface area contributed by atoms with Crippen molar-refractivity contribution in [3.05, 3.63) is 46.1 Å². The Bertz CT molecular complexity index is 344. The van der Waals surface area contributed by atoms with Crippen molar-refractivity contribution in [2.24, 2.45) is 5.92 Å². The molecule has 0 spiro atoms. The molecule has 2 heteroatoms. The van der Waals surface area contributed by atoms with Gasteiger partial charge in [-0.05, 0) is 25.0 Å². The first-order chi connectivity index (χ1) is 6.50. The molecule has 0 aliphatic carbocycles. The van der Waals surface area contributed by atoms with Crippen LogP contribution in [0.4, 0.5) is 0 Å². The minimum Gasteiger partial charge on any atom is -0.513 e. The molecule has 1 aromatic carbocycles. The Morgan fingerprint density at radius 2 is 2.21 bits per heavy atom. The van der Waals surface area contributed by atoms with Gasteiger partial charge in [-0.15, -0.1) is 0 Å². The molecule has 0 aliphatic heterocycles. The van der Waals surface area contributed by atoms with E-state index in [1.807, 2.05) is 13.0 Å². The highest BCUT2D eigenvalue weighted by Gasteiger charge is 2.08. The van der Waals surface area contributed by atoms with Crippen molar-refractivity contribution in [3.8, 4) is 0 Å². The highest BCUT2D eigenvalue weighted by molar-refractivity contribution is 9.10. The average molecular weight is 255 g/mol. The van der Waals surface area contributed by atoms with E-state index in [9.17, 15) is 5.11 Å². The van der Waals surface area contributed by atoms with Crippen LogP contribution in [0.1, 0.15) is 18.1 Å². The van der Waals surface area contributed by atoms with Crippen molar-refractivity contribution in [1.29, 1.82) is 0 Å². The van der Waals surface area contributed by atoms with Crippen LogP contribution in [0.25, 0.3) is 0 Å². The molecule has 0 aromatic heterocycles. The van der Waals surface area contributed by atoms with Crippen molar-refractivity contribution in [3.63, 3.8) is 0 Å². The molecule has 0 saturated carbocycles. The smallest absolute Gasteiger partial charge is 0.0882 e. The van der Waals surface area contributed by atoms with Crippen LogP contribution in [-0.2, 0) is 6.42 Å². The summed E-state index contributed by atoms with van der Waals surface area (Å²) in [5, 5.41) is 9.23. The van der Waals surface area contributed by atoms with Gasteiger partial charge in [0.1, 0.15) is 0 Å². The Balaban J connectivity index is 2.85. The third-order valence-electron chi connectivity index (χ3n) is 2.30. The van der Waals surface area contributed by atoms with Crippen molar-refractivity contribution in [2.45, 2.75) is 20.3 Å². The average Bonchev–Trinajstić information content (AvgIpc) is 2.11. The van der Waals surface area contributed by atoms with Crippen LogP contribution in [0.3, 0.4) is 0 Å². The molecule has 1 rings (SSSR count). The van der Waals surface area contributed by atoms with Crippen molar-refractivity contribution in [1.82, 2.24) is 0 Å². The largest absolute Gasteiger partial charge is 0.513 e. The van der Waals surface area contributed by atoms with Gasteiger partial charge in [0.15, 0.2) is 0 Å². The van der Waals surface area contributed by atoms with Gasteiger partial charge < -0.3 is 5.11 Å². The van der Waals surface area contributed by atoms with Crippen LogP contribution in [0.5, 0.6) is 0 Å². The molecule has 0 aliphatic rings. The van der Waals surface area contributed by atoms with E-state index in [2.05, 4.69) is 41.6 Å². The second-order valence-corrected chi connectivity index (χ2v) is 4.55. The number of halogens is 1. The normalized spacial score (nSPS) is 12.5. The number of allylic oxidation sites excluding steroid dienone is 1. The van der Waals surface area contributed by atoms with Gasteiger partial charge >= 0.3 is 0 Å². The maximum Gasteiger partial charge on any atom is 0.0882 e. The first-order valence-electron chi connectivity index (χ1n) is 4.63. The first kappa shape index (κ1) is 11.3. The van der Waals surface area contributed by atoms with Crippen LogP contribution in [0.15, 0.2) is 35.0 Å². The monoisotopic (exact) mass is 254 g/mol. The minimum absolute atomic E-state index is 0.105. The summed E-state index contributed by atoms with van der Waals surface area (Å²) in [6, 6.07) is 6.23. The van der Waals surface area contributed by atoms with Gasteiger partial charge in [-0.25, -0.2) is 0 Å². The predicted molar refractivity (Wildman–Crippen MR) is 63.5 cm³/mol. The molecule has 0 bridgehead atoms. The molecule has 0 saturated heterocycles. The van der Waals surface area contributed by atoms with Gasteiger partial charge in [-0.2, -0.15) is 0 Å². The van der Waals surface area contributed by atoms with Gasteiger partial charge in [-0.1, -0.05) is 47.1 Å². The lowest BCUT2D eigenvalue weighted by Crippen LogP contribution is -2.02. The molecule has 0 fully saturated rings. The Kier molecular flexibility index (Phi) is 3.76. The van der Waals surface area contributed by atoms with Gasteiger partial charge in [0.25, 0.3) is 0 Å². The van der Waals surface area contributed by atoms with E-state index in [4.69, 9.17) is 0 Å². The minimum atomic E-state index is 0.105. The van der Waals surface area contributed by atoms with Crippen LogP contribution < -0.4 is 0 Å². The SMILES string of the molecule is C=C(O)C(C)Cc1cc(C)ccc1Br. The first-order valence-corrected chi connectivity index (χ1v) is 5.43. The van der Waals surface area contributed by atoms with E-state index in [1.54, 1.807) is 0 Å². The second-order valence-electron chi connectivity index (χ2n) is 3.69. The maximum atomic E-state index is 9.23. The summed E-state index contributed by atoms with van der Waals surface area (Å²) < 4.78 is 1.09. The van der Waals surface area contributed by atoms with Gasteiger partial charge in [0.2, 0.25) is 0 Å². The van der Waals surface area contributed by atoms with Gasteiger partial charge in [0.05, 0.1) is 5.76 Å². The third kappa shape index (κ3) is 2.88. The fourth-order valence-electron chi connectivity index (χ4n) is 1.31. The topological polar surface area (TPSA) is 20.2 Å². The molecular formula is C12H15BrO. The second kappa shape index (κ2) is 4.65. The summed E-state index contributed by atoms with van der Waals surface area (Å²) in [6.45, 7) is 7.58. The van der Waals surface area contributed by atoms with Gasteiger partial charge in [-0.3, -0.25) is 0 Å². The fourth-order valence-corrected chi connectivity index (χ4v) is 1.72. The molecule has 1 nitrogen and oxygen atoms in total. The summed E-state index contributed by atoms with van der Waals surface area (Å²) in [4.78, 5) is 0. The lowest BCUT2D eigenvalue weighted by atomic mass is 9.99. The fraction of sp³-hybridized carbons (Fsp3) is 0.333. The Labute approximate surface area is 93.6 Å². The van der Waals surface area contributed by atoms with E-state index in [-0.39, 0.29) is 11.7 Å². The number of hydrogen-bond donors (Lipinski definition) is 1. The standard InChI is InChI=1S/C12H15BrO/c1-8-4-5-12(13)11(6-8)7-9(2)10(3)14/h4-6,9,14H,3,7H2,1-2H3. The highest BCUT2D eigenvalue weighted by Crippen LogP contribution is 2.22. The summed E-state index contributed by atoms with van der Waals surface area (Å²) in [5.41, 5.74) is 2.45. The number of benzene rings is 1. The number of rotatable bonds is 3. The number of aliphatic hydroxyl groups excluding tert-OH is 1. The Morgan fingerprint density at radius 1 is 1.57 bits per heavy atom. The molecule has 1 atom stereocenters. The molecule has 1 N–H and O–H groups in total. The number of aliphatic hydroxyl groups is 1. The lowest BCUT2D eigenvalue weighted by Gasteiger charge is -2.11. The van der Waals surface area contributed by atoms with Crippen molar-refractivity contribution in [2.75, 3.05) is 0 Å². The summed E-state index contributed by atoms with van der Waals surface area (Å²) >= 11 is 3.50. The summed E-state index contributed by atoms with van der Waals surface area (Å²) in [5.74, 6) is 0.353. The molecular weight excluding hydrogens is 240 g/mol. The predicted octanol–water partition coefficient (Wildman–Crippen LogP) is 4.01. The van der Waals surface area contributed by atoms with E-state index >= 15 is 0 Å². The van der Waals surface area contributed by atoms with Crippen LogP contribution in [0.2, 0.25) is 0 Å². The van der Waals surface area contributed by atoms with Crippen LogP contribution >= 0.6 is 15.9 Å². The molecule has 0 radical (unpaired) electrons. The summed E-state index contributed by atoms with van der Waals surface area (Å²) in [6.07, 6.45) is 0.817. The molecule has 0 amide bonds. The maximum absolute atomic E-state index is 9.23. The van der Waals surface area contributed by atoms with Crippen molar-refractivity contribution >= 4 is 15.9 Å². The zero-order valence-electron chi connectivity index (χ0n) is 8.55. The van der Waals surface area contributed by atoms with Crippen molar-refractivity contribution < 1.29 is 5.11 Å². The quantitative estimate of drug-likeness (QED) is 0.809. The Morgan fingerprint density at radius 3 is 2.79 bits per heavy atom. The van der Waals surface area contributed by atoms with E-state index in [0.717, 1.165) is 10.9 Å². The molecule has 76 valence electrons. The van der Waals surface area contributed by atoms with E-state index in [1.165, 1.54) is 11.1 Å². The zero-order chi connectivity index (χ0) is 10.7. The molecule has 14 heavy (non-hydrogen) atoms. The van der Waals surface area contributed by atoms with Crippen LogP contribution in [-0.4, -0.2) is 5.11 Å². The number of aryl methyl sites for hydroxylation is 1. The molecule has 1 aromatic rings. The van der Waals surface area contributed by atoms with E-state index in [0.29, 0.717) is 0 Å². The Hall–Kier alpha value is -0.760. The highest BCUT2D eigenvalue weighted by atomic mass is 79.9. The molecule has 0 heterocycles. The van der Waals surface area contributed by atoms with Gasteiger partial charge in [0, 0.05) is 10.4 Å². The third-order valence-corrected chi connectivity index (χ3v) is 3.07.